The summed E-state index contributed by atoms with van der Waals surface area (Å²) >= 11 is 0.500. The van der Waals surface area contributed by atoms with E-state index in [4.69, 9.17) is 3.25 Å². The van der Waals surface area contributed by atoms with Crippen LogP contribution in [0.3, 0.4) is 0 Å². The van der Waals surface area contributed by atoms with Crippen molar-refractivity contribution in [3.63, 3.8) is 0 Å². The zero-order chi connectivity index (χ0) is 2.00. The third-order valence-electron chi connectivity index (χ3n) is 0. The summed E-state index contributed by atoms with van der Waals surface area (Å²) in [5.41, 5.74) is 0. The van der Waals surface area contributed by atoms with Gasteiger partial charge in [-0.15, -0.1) is 0 Å². The van der Waals surface area contributed by atoms with Crippen molar-refractivity contribution in [2.45, 2.75) is 0 Å². The van der Waals surface area contributed by atoms with E-state index in [9.17, 15) is 0 Å². The molecular formula is H2NbOPbZn. The maximum atomic E-state index is 8.30. The molecule has 0 spiro atoms. The van der Waals surface area contributed by atoms with Gasteiger partial charge in [-0.05, 0) is 0 Å². The first kappa shape index (κ1) is 16.5. The molecule has 0 atom stereocenters. The molecule has 0 fully saturated rings. The molecule has 0 rings (SSSR count). The second-order valence-electron chi connectivity index (χ2n) is 0. The predicted molar refractivity (Wildman–Crippen MR) is 9.23 cm³/mol. The van der Waals surface area contributed by atoms with Crippen LogP contribution >= 0.6 is 0 Å². The average Bonchev–Trinajstić information content (AvgIpc) is 1.00. The molecule has 0 heterocycles. The largest absolute Gasteiger partial charge is 0 e. The molecule has 0 saturated carbocycles. The van der Waals surface area contributed by atoms with Gasteiger partial charge in [0.2, 0.25) is 0 Å². The second kappa shape index (κ2) is 19.5. The predicted octanol–water partition coefficient (Wildman–Crippen LogP) is -1.04. The van der Waals surface area contributed by atoms with Crippen LogP contribution in [0.15, 0.2) is 0 Å². The van der Waals surface area contributed by atoms with E-state index in [0.29, 0.717) is 21.0 Å². The quantitative estimate of drug-likeness (QED) is 0.489. The molecule has 0 unspecified atom stereocenters. The standard InChI is InChI=1S/Nb.O.Pb.Zn.2H. The Balaban J connectivity index is -0.00000000500. The van der Waals surface area contributed by atoms with E-state index in [2.05, 4.69) is 0 Å². The number of hydrogen-bond donors (Lipinski definition) is 0. The topological polar surface area (TPSA) is 17.1 Å². The summed E-state index contributed by atoms with van der Waals surface area (Å²) in [6.07, 6.45) is 0. The van der Waals surface area contributed by atoms with E-state index >= 15 is 0 Å². The Labute approximate surface area is 70.1 Å². The zero-order valence-electron chi connectivity index (χ0n) is 2.27. The molecule has 4 heavy (non-hydrogen) atoms. The average molecular weight is 384 g/mol. The van der Waals surface area contributed by atoms with Crippen LogP contribution in [0.2, 0.25) is 0 Å². The molecule has 2 radical (unpaired) electrons. The minimum atomic E-state index is 0. The fraction of sp³-hybridized carbons (Fsp3) is 0. The van der Waals surface area contributed by atoms with Crippen molar-refractivity contribution in [1.82, 2.24) is 0 Å². The Kier molecular flexibility index (Phi) is 80.7. The van der Waals surface area contributed by atoms with Gasteiger partial charge in [-0.3, -0.25) is 0 Å². The molecule has 0 aliphatic carbocycles. The molecular weight excluding hydrogens is 381 g/mol. The van der Waals surface area contributed by atoms with Crippen LogP contribution in [0.1, 0.15) is 0 Å². The van der Waals surface area contributed by atoms with Gasteiger partial charge < -0.3 is 0 Å². The number of hydrogen-bond acceptors (Lipinski definition) is 1. The van der Waals surface area contributed by atoms with Crippen molar-refractivity contribution in [2.75, 3.05) is 0 Å². The molecule has 0 aromatic heterocycles. The van der Waals surface area contributed by atoms with Gasteiger partial charge in [0, 0.05) is 19.5 Å². The van der Waals surface area contributed by atoms with Gasteiger partial charge in [0.25, 0.3) is 0 Å². The van der Waals surface area contributed by atoms with Crippen molar-refractivity contribution in [1.29, 1.82) is 0 Å². The van der Waals surface area contributed by atoms with Crippen molar-refractivity contribution < 1.29 is 43.8 Å². The molecule has 0 amide bonds. The Morgan fingerprint density at radius 2 is 1.25 bits per heavy atom. The van der Waals surface area contributed by atoms with E-state index in [1.807, 2.05) is 0 Å². The first-order chi connectivity index (χ1) is 1.00. The number of rotatable bonds is 0. The SMILES string of the molecule is [O]=[Nb].[PbH2].[Zn]. The Morgan fingerprint density at radius 1 is 1.25 bits per heavy atom. The van der Waals surface area contributed by atoms with Crippen LogP contribution in [0, 0.1) is 0 Å². The minimum Gasteiger partial charge on any atom is 0 e. The molecule has 1 nitrogen and oxygen atoms in total. The molecule has 0 aromatic carbocycles. The van der Waals surface area contributed by atoms with Crippen molar-refractivity contribution in [2.24, 2.45) is 0 Å². The normalized spacial score (nSPS) is 0.750. The van der Waals surface area contributed by atoms with Crippen LogP contribution in [-0.4, -0.2) is 27.3 Å². The van der Waals surface area contributed by atoms with Crippen LogP contribution in [0.4, 0.5) is 0 Å². The van der Waals surface area contributed by atoms with Gasteiger partial charge in [-0.25, -0.2) is 0 Å². The molecule has 4 heteroatoms. The summed E-state index contributed by atoms with van der Waals surface area (Å²) in [6.45, 7) is 0. The maximum absolute atomic E-state index is 8.30. The summed E-state index contributed by atoms with van der Waals surface area (Å²) < 4.78 is 8.30. The van der Waals surface area contributed by atoms with Crippen molar-refractivity contribution >= 4 is 27.3 Å². The summed E-state index contributed by atoms with van der Waals surface area (Å²) in [6, 6.07) is 0. The van der Waals surface area contributed by atoms with Gasteiger partial charge in [0.05, 0.1) is 0 Å². The van der Waals surface area contributed by atoms with Crippen LogP contribution in [0.5, 0.6) is 0 Å². The molecule has 0 bridgehead atoms. The minimum absolute atomic E-state index is 0. The molecule has 0 N–H and O–H groups in total. The molecule has 0 aliphatic heterocycles. The van der Waals surface area contributed by atoms with Gasteiger partial charge in [0.15, 0.2) is 0 Å². The molecule has 19 valence electrons. The third kappa shape index (κ3) is 8.94. The van der Waals surface area contributed by atoms with Gasteiger partial charge >= 0.3 is 51.6 Å². The third-order valence-corrected chi connectivity index (χ3v) is 0. The zero-order valence-corrected chi connectivity index (χ0v) is 12.9. The monoisotopic (exact) mass is 383 g/mol. The molecule has 0 aromatic rings. The molecule has 0 saturated heterocycles. The van der Waals surface area contributed by atoms with Crippen LogP contribution < -0.4 is 0 Å². The van der Waals surface area contributed by atoms with Gasteiger partial charge in [-0.2, -0.15) is 0 Å². The van der Waals surface area contributed by atoms with Crippen molar-refractivity contribution in [3.8, 4) is 0 Å². The van der Waals surface area contributed by atoms with E-state index in [1.165, 1.54) is 0 Å². The smallest absolute Gasteiger partial charge is 0 e. The summed E-state index contributed by atoms with van der Waals surface area (Å²) in [4.78, 5) is 0. The van der Waals surface area contributed by atoms with E-state index < -0.39 is 0 Å². The summed E-state index contributed by atoms with van der Waals surface area (Å²) in [7, 11) is 0. The fourth-order valence-electron chi connectivity index (χ4n) is 0. The van der Waals surface area contributed by atoms with E-state index in [-0.39, 0.29) is 46.8 Å². The Morgan fingerprint density at radius 3 is 1.25 bits per heavy atom. The summed E-state index contributed by atoms with van der Waals surface area (Å²) in [5, 5.41) is 0. The van der Waals surface area contributed by atoms with Crippen LogP contribution in [-0.2, 0) is 43.8 Å². The van der Waals surface area contributed by atoms with Crippen molar-refractivity contribution in [3.05, 3.63) is 0 Å². The maximum Gasteiger partial charge on any atom is 0 e. The second-order valence-corrected chi connectivity index (χ2v) is 0. The first-order valence-electron chi connectivity index (χ1n) is 0.183. The fourth-order valence-corrected chi connectivity index (χ4v) is 0. The van der Waals surface area contributed by atoms with Gasteiger partial charge in [0.1, 0.15) is 0 Å². The molecule has 0 aliphatic rings. The van der Waals surface area contributed by atoms with E-state index in [0.717, 1.165) is 0 Å². The van der Waals surface area contributed by atoms with E-state index in [1.54, 1.807) is 0 Å². The Hall–Kier alpha value is 2.09. The first-order valence-corrected chi connectivity index (χ1v) is 1.08. The summed E-state index contributed by atoms with van der Waals surface area (Å²) in [5.74, 6) is 0. The van der Waals surface area contributed by atoms with Gasteiger partial charge in [-0.1, -0.05) is 0 Å². The van der Waals surface area contributed by atoms with Crippen LogP contribution in [0.25, 0.3) is 0 Å². The Bertz CT molecular complexity index is 8.00.